The fraction of sp³-hybridized carbons (Fsp3) is 0.652. The molecule has 3 aromatic heterocycles. The topological polar surface area (TPSA) is 93.8 Å². The van der Waals surface area contributed by atoms with E-state index < -0.39 is 18.3 Å². The third kappa shape index (κ3) is 4.68. The average Bonchev–Trinajstić information content (AvgIpc) is 3.38. The second-order valence-corrected chi connectivity index (χ2v) is 18.4. The Kier molecular flexibility index (Phi) is 6.34. The van der Waals surface area contributed by atoms with Gasteiger partial charge in [0.05, 0.1) is 11.7 Å². The van der Waals surface area contributed by atoms with Gasteiger partial charge >= 0.3 is 0 Å². The molecule has 2 fully saturated rings. The van der Waals surface area contributed by atoms with Crippen molar-refractivity contribution in [3.8, 4) is 0 Å². The van der Waals surface area contributed by atoms with E-state index in [9.17, 15) is 8.42 Å². The maximum absolute atomic E-state index is 12.6. The van der Waals surface area contributed by atoms with Gasteiger partial charge in [0.25, 0.3) is 10.2 Å². The summed E-state index contributed by atoms with van der Waals surface area (Å²) in [4.78, 5) is 9.29. The Labute approximate surface area is 202 Å². The smallest absolute Gasteiger partial charge is 0.279 e. The zero-order valence-electron chi connectivity index (χ0n) is 20.6. The average molecular weight is 505 g/mol. The maximum Gasteiger partial charge on any atom is 0.279 e. The third-order valence-electron chi connectivity index (χ3n) is 7.23. The summed E-state index contributed by atoms with van der Waals surface area (Å²) in [5.74, 6) is 0.570. The van der Waals surface area contributed by atoms with Crippen LogP contribution in [0.3, 0.4) is 0 Å². The van der Waals surface area contributed by atoms with E-state index in [0.717, 1.165) is 54.4 Å². The van der Waals surface area contributed by atoms with Crippen LogP contribution in [0.15, 0.2) is 24.7 Å². The summed E-state index contributed by atoms with van der Waals surface area (Å²) in [6, 6.07) is 3.15. The van der Waals surface area contributed by atoms with E-state index in [2.05, 4.69) is 51.7 Å². The first kappa shape index (κ1) is 23.9. The molecule has 34 heavy (non-hydrogen) atoms. The van der Waals surface area contributed by atoms with Crippen molar-refractivity contribution in [1.29, 1.82) is 0 Å². The van der Waals surface area contributed by atoms with Gasteiger partial charge in [0.15, 0.2) is 11.3 Å². The molecule has 9 nitrogen and oxygen atoms in total. The molecule has 1 saturated heterocycles. The molecule has 1 aliphatic heterocycles. The van der Waals surface area contributed by atoms with Crippen molar-refractivity contribution in [3.63, 3.8) is 0 Å². The Hall–Kier alpha value is -1.79. The van der Waals surface area contributed by atoms with Gasteiger partial charge in [-0.05, 0) is 37.3 Å². The number of nitrogens with one attached hydrogen (secondary N) is 1. The lowest BCUT2D eigenvalue weighted by Gasteiger charge is -2.31. The van der Waals surface area contributed by atoms with Crippen LogP contribution >= 0.6 is 0 Å². The largest absolute Gasteiger partial charge is 0.361 e. The molecule has 0 aromatic carbocycles. The molecule has 3 aromatic rings. The number of nitrogens with zero attached hydrogens (tertiary/aromatic N) is 5. The van der Waals surface area contributed by atoms with Gasteiger partial charge in [0, 0.05) is 57.8 Å². The van der Waals surface area contributed by atoms with Crippen LogP contribution in [-0.2, 0) is 21.7 Å². The number of fused-ring (bicyclic) bond motifs is 3. The molecule has 0 radical (unpaired) electrons. The molecule has 11 heteroatoms. The Balaban J connectivity index is 1.36. The van der Waals surface area contributed by atoms with Gasteiger partial charge < -0.3 is 9.30 Å². The van der Waals surface area contributed by atoms with Crippen molar-refractivity contribution in [2.75, 3.05) is 19.7 Å². The summed E-state index contributed by atoms with van der Waals surface area (Å²) >= 11 is 0. The van der Waals surface area contributed by atoms with E-state index in [1.54, 1.807) is 0 Å². The Morgan fingerprint density at radius 3 is 2.68 bits per heavy atom. The maximum atomic E-state index is 12.6. The van der Waals surface area contributed by atoms with Crippen LogP contribution in [0.1, 0.15) is 37.8 Å². The molecule has 0 unspecified atom stereocenters. The highest BCUT2D eigenvalue weighted by molar-refractivity contribution is 7.87. The molecule has 186 valence electrons. The highest BCUT2D eigenvalue weighted by Crippen LogP contribution is 2.40. The molecular weight excluding hydrogens is 468 g/mol. The summed E-state index contributed by atoms with van der Waals surface area (Å²) in [5.41, 5.74) is 3.82. The number of hydrogen-bond acceptors (Lipinski definition) is 5. The predicted octanol–water partition coefficient (Wildman–Crippen LogP) is 3.42. The van der Waals surface area contributed by atoms with Crippen molar-refractivity contribution < 1.29 is 13.2 Å². The quantitative estimate of drug-likeness (QED) is 0.356. The third-order valence-corrected chi connectivity index (χ3v) is 10.6. The van der Waals surface area contributed by atoms with Crippen molar-refractivity contribution in [2.45, 2.75) is 70.6 Å². The first-order valence-electron chi connectivity index (χ1n) is 12.3. The summed E-state index contributed by atoms with van der Waals surface area (Å²) in [6.07, 6.45) is 8.31. The second-order valence-electron chi connectivity index (χ2n) is 11.1. The highest BCUT2D eigenvalue weighted by Gasteiger charge is 2.38. The molecule has 1 aliphatic carbocycles. The standard InChI is InChI=1S/C23H36N6O3SSi/c1-17-12-18(26-33(30,31)28-7-5-8-28)13-19(17)21-14-24-22-15-25-23-20(29(21)22)6-9-27(23)16-32-10-11-34(2,3)4/h6,9,14-15,17-19,26H,5,7-8,10-13,16H2,1-4H3/t17-,18+,19+/m1/s1. The minimum atomic E-state index is -3.38. The van der Waals surface area contributed by atoms with Gasteiger partial charge in [0.2, 0.25) is 0 Å². The van der Waals surface area contributed by atoms with Crippen LogP contribution in [-0.4, -0.2) is 65.5 Å². The molecule has 2 aliphatic rings. The zero-order chi connectivity index (χ0) is 24.1. The molecule has 0 amide bonds. The number of rotatable bonds is 9. The number of ether oxygens (including phenoxy) is 1. The Morgan fingerprint density at radius 1 is 1.18 bits per heavy atom. The Morgan fingerprint density at radius 2 is 1.97 bits per heavy atom. The molecule has 0 spiro atoms. The molecule has 4 heterocycles. The number of imidazole rings is 1. The fourth-order valence-electron chi connectivity index (χ4n) is 5.10. The lowest BCUT2D eigenvalue weighted by molar-refractivity contribution is 0.0899. The fourth-order valence-corrected chi connectivity index (χ4v) is 7.35. The zero-order valence-corrected chi connectivity index (χ0v) is 22.4. The van der Waals surface area contributed by atoms with E-state index in [1.165, 1.54) is 4.31 Å². The van der Waals surface area contributed by atoms with Crippen LogP contribution < -0.4 is 4.72 Å². The van der Waals surface area contributed by atoms with E-state index in [-0.39, 0.29) is 12.0 Å². The normalized spacial score (nSPS) is 24.3. The van der Waals surface area contributed by atoms with Gasteiger partial charge in [-0.15, -0.1) is 0 Å². The SMILES string of the molecule is C[C@@H]1C[C@H](NS(=O)(=O)N2CCC2)C[C@@H]1c1cnc2cnc3c(ccn3COCC[Si](C)(C)C)n12. The minimum absolute atomic E-state index is 0.0576. The van der Waals surface area contributed by atoms with Crippen molar-refractivity contribution in [2.24, 2.45) is 5.92 Å². The van der Waals surface area contributed by atoms with Gasteiger partial charge in [-0.3, -0.25) is 4.40 Å². The molecule has 0 bridgehead atoms. The van der Waals surface area contributed by atoms with E-state index in [1.807, 2.05) is 23.2 Å². The minimum Gasteiger partial charge on any atom is -0.361 e. The van der Waals surface area contributed by atoms with Gasteiger partial charge in [-0.1, -0.05) is 26.6 Å². The lowest BCUT2D eigenvalue weighted by atomic mass is 9.95. The summed E-state index contributed by atoms with van der Waals surface area (Å²) in [5, 5.41) is 0. The van der Waals surface area contributed by atoms with Crippen LogP contribution in [0.5, 0.6) is 0 Å². The highest BCUT2D eigenvalue weighted by atomic mass is 32.2. The summed E-state index contributed by atoms with van der Waals surface area (Å²) in [7, 11) is -4.50. The van der Waals surface area contributed by atoms with Gasteiger partial charge in [-0.2, -0.15) is 17.4 Å². The molecular formula is C23H36N6O3SSi. The first-order chi connectivity index (χ1) is 16.1. The number of aromatic nitrogens is 4. The van der Waals surface area contributed by atoms with Crippen LogP contribution in [0.25, 0.3) is 16.8 Å². The van der Waals surface area contributed by atoms with Crippen LogP contribution in [0.2, 0.25) is 25.7 Å². The van der Waals surface area contributed by atoms with E-state index >= 15 is 0 Å². The first-order valence-corrected chi connectivity index (χ1v) is 17.4. The second kappa shape index (κ2) is 9.01. The number of hydrogen-bond donors (Lipinski definition) is 1. The van der Waals surface area contributed by atoms with Crippen LogP contribution in [0.4, 0.5) is 0 Å². The van der Waals surface area contributed by atoms with Crippen molar-refractivity contribution >= 4 is 35.1 Å². The Bertz CT molecular complexity index is 1280. The molecule has 1 N–H and O–H groups in total. The predicted molar refractivity (Wildman–Crippen MR) is 136 cm³/mol. The molecule has 1 saturated carbocycles. The monoisotopic (exact) mass is 504 g/mol. The van der Waals surface area contributed by atoms with E-state index in [0.29, 0.717) is 25.7 Å². The summed E-state index contributed by atoms with van der Waals surface area (Å²) in [6.45, 7) is 11.8. The van der Waals surface area contributed by atoms with Crippen LogP contribution in [0, 0.1) is 5.92 Å². The van der Waals surface area contributed by atoms with E-state index in [4.69, 9.17) is 4.74 Å². The molecule has 5 rings (SSSR count). The van der Waals surface area contributed by atoms with Gasteiger partial charge in [-0.25, -0.2) is 9.97 Å². The summed E-state index contributed by atoms with van der Waals surface area (Å²) < 4.78 is 39.9. The lowest BCUT2D eigenvalue weighted by Crippen LogP contribution is -2.50. The van der Waals surface area contributed by atoms with Crippen molar-refractivity contribution in [3.05, 3.63) is 30.4 Å². The van der Waals surface area contributed by atoms with Gasteiger partial charge in [0.1, 0.15) is 6.73 Å². The molecule has 3 atom stereocenters. The van der Waals surface area contributed by atoms with Crippen molar-refractivity contribution in [1.82, 2.24) is 28.0 Å².